The lowest BCUT2D eigenvalue weighted by Crippen LogP contribution is -2.13. The Bertz CT molecular complexity index is 696. The highest BCUT2D eigenvalue weighted by atomic mass is 19.4. The Balaban J connectivity index is 2.23. The third-order valence-electron chi connectivity index (χ3n) is 2.46. The number of benzene rings is 1. The highest BCUT2D eigenvalue weighted by Crippen LogP contribution is 2.28. The third-order valence-corrected chi connectivity index (χ3v) is 2.46. The molecule has 0 atom stereocenters. The van der Waals surface area contributed by atoms with Crippen molar-refractivity contribution in [2.24, 2.45) is 0 Å². The lowest BCUT2D eigenvalue weighted by molar-refractivity contribution is -0.383. The number of anilines is 1. The molecule has 0 unspecified atom stereocenters. The van der Waals surface area contributed by atoms with Gasteiger partial charge in [0, 0.05) is 12.1 Å². The molecule has 21 heavy (non-hydrogen) atoms. The molecule has 0 aliphatic carbocycles. The minimum absolute atomic E-state index is 0.135. The van der Waals surface area contributed by atoms with E-state index in [0.29, 0.717) is 6.07 Å². The molecule has 0 spiro atoms. The highest BCUT2D eigenvalue weighted by molar-refractivity contribution is 6.04. The summed E-state index contributed by atoms with van der Waals surface area (Å²) >= 11 is 0. The number of H-pyrrole nitrogens is 1. The van der Waals surface area contributed by atoms with Crippen molar-refractivity contribution < 1.29 is 22.9 Å². The monoisotopic (exact) mass is 300 g/mol. The molecule has 1 aromatic carbocycles. The average Bonchev–Trinajstić information content (AvgIpc) is 2.88. The Labute approximate surface area is 114 Å². The zero-order valence-electron chi connectivity index (χ0n) is 10.1. The van der Waals surface area contributed by atoms with E-state index in [1.54, 1.807) is 5.10 Å². The number of hydrogen-bond donors (Lipinski definition) is 2. The average molecular weight is 300 g/mol. The van der Waals surface area contributed by atoms with Crippen LogP contribution in [0.1, 0.15) is 16.2 Å². The predicted molar refractivity (Wildman–Crippen MR) is 64.6 cm³/mol. The van der Waals surface area contributed by atoms with Crippen LogP contribution in [-0.4, -0.2) is 21.0 Å². The molecule has 0 saturated carbocycles. The number of nitrogens with one attached hydrogen (secondary N) is 2. The zero-order chi connectivity index (χ0) is 15.6. The number of carbonyl (C=O) groups excluding carboxylic acids is 1. The van der Waals surface area contributed by atoms with Crippen molar-refractivity contribution in [1.29, 1.82) is 0 Å². The molecule has 1 amide bonds. The molecule has 2 aromatic rings. The van der Waals surface area contributed by atoms with Crippen molar-refractivity contribution in [1.82, 2.24) is 10.2 Å². The van der Waals surface area contributed by atoms with Crippen LogP contribution in [0.4, 0.5) is 24.5 Å². The second kappa shape index (κ2) is 5.23. The number of nitro groups is 1. The number of rotatable bonds is 3. The van der Waals surface area contributed by atoms with Gasteiger partial charge in [0.05, 0.1) is 4.92 Å². The molecule has 0 fully saturated rings. The highest BCUT2D eigenvalue weighted by Gasteiger charge is 2.34. The van der Waals surface area contributed by atoms with Crippen LogP contribution in [0.25, 0.3) is 0 Å². The molecule has 0 aliphatic heterocycles. The Kier molecular flexibility index (Phi) is 3.61. The molecule has 110 valence electrons. The number of para-hydroxylation sites is 2. The van der Waals surface area contributed by atoms with E-state index in [2.05, 4.69) is 10.4 Å². The summed E-state index contributed by atoms with van der Waals surface area (Å²) in [5.74, 6) is -0.990. The molecular formula is C11H7F3N4O3. The van der Waals surface area contributed by atoms with E-state index in [9.17, 15) is 28.1 Å². The van der Waals surface area contributed by atoms with Gasteiger partial charge in [-0.1, -0.05) is 12.1 Å². The van der Waals surface area contributed by atoms with Gasteiger partial charge in [-0.15, -0.1) is 0 Å². The number of aromatic nitrogens is 2. The molecule has 0 bridgehead atoms. The van der Waals surface area contributed by atoms with E-state index in [4.69, 9.17) is 0 Å². The Morgan fingerprint density at radius 3 is 2.57 bits per heavy atom. The van der Waals surface area contributed by atoms with Crippen LogP contribution in [0.15, 0.2) is 30.3 Å². The lowest BCUT2D eigenvalue weighted by atomic mass is 10.2. The summed E-state index contributed by atoms with van der Waals surface area (Å²) in [5.41, 5.74) is -2.22. The van der Waals surface area contributed by atoms with Gasteiger partial charge in [0.15, 0.2) is 5.69 Å². The molecule has 2 rings (SSSR count). The second-order valence-electron chi connectivity index (χ2n) is 3.89. The van der Waals surface area contributed by atoms with E-state index in [1.165, 1.54) is 18.2 Å². The molecular weight excluding hydrogens is 293 g/mol. The van der Waals surface area contributed by atoms with Gasteiger partial charge < -0.3 is 5.32 Å². The maximum absolute atomic E-state index is 12.4. The number of carbonyl (C=O) groups is 1. The summed E-state index contributed by atoms with van der Waals surface area (Å²) in [7, 11) is 0. The van der Waals surface area contributed by atoms with Gasteiger partial charge in [-0.2, -0.15) is 18.3 Å². The smallest absolute Gasteiger partial charge is 0.315 e. The van der Waals surface area contributed by atoms with Gasteiger partial charge in [0.1, 0.15) is 11.4 Å². The largest absolute Gasteiger partial charge is 0.432 e. The van der Waals surface area contributed by atoms with Crippen molar-refractivity contribution in [3.8, 4) is 0 Å². The topological polar surface area (TPSA) is 101 Å². The van der Waals surface area contributed by atoms with Crippen molar-refractivity contribution in [2.45, 2.75) is 6.18 Å². The van der Waals surface area contributed by atoms with Gasteiger partial charge in [-0.25, -0.2) is 0 Å². The first kappa shape index (κ1) is 14.5. The number of halogens is 3. The maximum atomic E-state index is 12.4. The van der Waals surface area contributed by atoms with Crippen LogP contribution in [0, 0.1) is 10.1 Å². The van der Waals surface area contributed by atoms with Crippen molar-refractivity contribution in [3.05, 3.63) is 51.8 Å². The van der Waals surface area contributed by atoms with E-state index in [1.807, 2.05) is 0 Å². The minimum Gasteiger partial charge on any atom is -0.315 e. The first-order valence-corrected chi connectivity index (χ1v) is 5.46. The fourth-order valence-corrected chi connectivity index (χ4v) is 1.51. The standard InChI is InChI=1S/C11H7F3N4O3/c12-11(13,14)9-5-7(16-17-9)10(19)15-6-3-1-2-4-8(6)18(20)21/h1-5H,(H,15,19)(H,16,17). The zero-order valence-corrected chi connectivity index (χ0v) is 10.1. The number of amides is 1. The van der Waals surface area contributed by atoms with Gasteiger partial charge in [-0.3, -0.25) is 20.0 Å². The van der Waals surface area contributed by atoms with Gasteiger partial charge >= 0.3 is 6.18 Å². The normalized spacial score (nSPS) is 11.2. The fraction of sp³-hybridized carbons (Fsp3) is 0.0909. The van der Waals surface area contributed by atoms with E-state index >= 15 is 0 Å². The van der Waals surface area contributed by atoms with Crippen LogP contribution >= 0.6 is 0 Å². The Morgan fingerprint density at radius 1 is 1.33 bits per heavy atom. The van der Waals surface area contributed by atoms with Gasteiger partial charge in [0.2, 0.25) is 0 Å². The Morgan fingerprint density at radius 2 is 2.00 bits per heavy atom. The van der Waals surface area contributed by atoms with Gasteiger partial charge in [0.25, 0.3) is 11.6 Å². The van der Waals surface area contributed by atoms with Crippen LogP contribution in [0.5, 0.6) is 0 Å². The van der Waals surface area contributed by atoms with Crippen LogP contribution in [0.2, 0.25) is 0 Å². The molecule has 0 aliphatic rings. The van der Waals surface area contributed by atoms with Crippen LogP contribution in [-0.2, 0) is 6.18 Å². The third kappa shape index (κ3) is 3.16. The second-order valence-corrected chi connectivity index (χ2v) is 3.89. The number of nitrogens with zero attached hydrogens (tertiary/aromatic N) is 2. The van der Waals surface area contributed by atoms with E-state index in [0.717, 1.165) is 6.07 Å². The van der Waals surface area contributed by atoms with Crippen molar-refractivity contribution in [3.63, 3.8) is 0 Å². The first-order chi connectivity index (χ1) is 9.79. The molecule has 1 aromatic heterocycles. The Hall–Kier alpha value is -2.91. The SMILES string of the molecule is O=C(Nc1ccccc1[N+](=O)[O-])c1cc(C(F)(F)F)[nH]n1. The summed E-state index contributed by atoms with van der Waals surface area (Å²) < 4.78 is 37.1. The predicted octanol–water partition coefficient (Wildman–Crippen LogP) is 2.59. The number of hydrogen-bond acceptors (Lipinski definition) is 4. The molecule has 0 radical (unpaired) electrons. The first-order valence-electron chi connectivity index (χ1n) is 5.46. The number of alkyl halides is 3. The lowest BCUT2D eigenvalue weighted by Gasteiger charge is -2.03. The van der Waals surface area contributed by atoms with Crippen molar-refractivity contribution in [2.75, 3.05) is 5.32 Å². The molecule has 2 N–H and O–H groups in total. The van der Waals surface area contributed by atoms with Crippen LogP contribution in [0.3, 0.4) is 0 Å². The summed E-state index contributed by atoms with van der Waals surface area (Å²) in [4.78, 5) is 21.8. The quantitative estimate of drug-likeness (QED) is 0.672. The molecule has 10 heteroatoms. The van der Waals surface area contributed by atoms with Crippen molar-refractivity contribution >= 4 is 17.3 Å². The van der Waals surface area contributed by atoms with Gasteiger partial charge in [-0.05, 0) is 6.07 Å². The summed E-state index contributed by atoms with van der Waals surface area (Å²) in [5, 5.41) is 17.8. The number of nitro benzene ring substituents is 1. The summed E-state index contributed by atoms with van der Waals surface area (Å²) in [6, 6.07) is 5.76. The fourth-order valence-electron chi connectivity index (χ4n) is 1.51. The molecule has 1 heterocycles. The van der Waals surface area contributed by atoms with E-state index in [-0.39, 0.29) is 11.4 Å². The number of aromatic amines is 1. The molecule has 0 saturated heterocycles. The molecule has 7 nitrogen and oxygen atoms in total. The minimum atomic E-state index is -4.66. The van der Waals surface area contributed by atoms with Crippen LogP contribution < -0.4 is 5.32 Å². The summed E-state index contributed by atoms with van der Waals surface area (Å²) in [6.07, 6.45) is -4.66. The van der Waals surface area contributed by atoms with E-state index < -0.39 is 28.4 Å². The maximum Gasteiger partial charge on any atom is 0.432 e. The summed E-state index contributed by atoms with van der Waals surface area (Å²) in [6.45, 7) is 0.